The molecule has 0 saturated carbocycles. The number of methoxy groups -OCH3 is 2. The maximum absolute atomic E-state index is 13.2. The Balaban J connectivity index is 1.82. The van der Waals surface area contributed by atoms with Crippen molar-refractivity contribution in [2.45, 2.75) is 38.0 Å². The van der Waals surface area contributed by atoms with Crippen LogP contribution >= 0.6 is 11.8 Å². The van der Waals surface area contributed by atoms with Gasteiger partial charge in [-0.25, -0.2) is 4.39 Å². The number of ether oxygens (including phenoxy) is 2. The van der Waals surface area contributed by atoms with Gasteiger partial charge in [-0.2, -0.15) is 5.10 Å². The Kier molecular flexibility index (Phi) is 8.06. The number of carbonyl (C=O) groups excluding carboxylic acids is 1. The fourth-order valence-corrected chi connectivity index (χ4v) is 4.29. The standard InChI is InChI=1S/C23H26FN3O3S/c1-4-5-6-21-22(28)27(15-16-7-10-18(24)11-8-16)23(31-21)26-25-14-17-9-12-19(29-2)13-20(17)30-3/h7-14,21H,4-6,15H2,1-3H3/b25-14-,26-23+/t21-/m0/s1. The van der Waals surface area contributed by atoms with Crippen LogP contribution in [0.5, 0.6) is 11.5 Å². The number of benzene rings is 2. The second kappa shape index (κ2) is 10.9. The van der Waals surface area contributed by atoms with Crippen molar-refractivity contribution in [3.63, 3.8) is 0 Å². The van der Waals surface area contributed by atoms with Crippen LogP contribution in [0.1, 0.15) is 37.3 Å². The fourth-order valence-electron chi connectivity index (χ4n) is 3.14. The Hall–Kier alpha value is -2.87. The number of amidine groups is 1. The molecule has 0 spiro atoms. The van der Waals surface area contributed by atoms with Crippen LogP contribution in [-0.4, -0.2) is 41.7 Å². The van der Waals surface area contributed by atoms with E-state index >= 15 is 0 Å². The minimum atomic E-state index is -0.307. The molecule has 0 aromatic heterocycles. The van der Waals surface area contributed by atoms with Gasteiger partial charge in [0, 0.05) is 11.6 Å². The lowest BCUT2D eigenvalue weighted by atomic mass is 10.1. The molecule has 1 atom stereocenters. The number of hydrogen-bond acceptors (Lipinski definition) is 6. The predicted octanol–water partition coefficient (Wildman–Crippen LogP) is 4.87. The summed E-state index contributed by atoms with van der Waals surface area (Å²) in [6.45, 7) is 2.43. The van der Waals surface area contributed by atoms with Gasteiger partial charge in [-0.05, 0) is 36.2 Å². The minimum absolute atomic E-state index is 0.0127. The van der Waals surface area contributed by atoms with Crippen molar-refractivity contribution < 1.29 is 18.7 Å². The van der Waals surface area contributed by atoms with E-state index in [1.807, 2.05) is 12.1 Å². The molecule has 1 fully saturated rings. The quantitative estimate of drug-likeness (QED) is 0.410. The van der Waals surface area contributed by atoms with Gasteiger partial charge in [0.25, 0.3) is 0 Å². The molecule has 1 saturated heterocycles. The highest BCUT2D eigenvalue weighted by atomic mass is 32.2. The maximum atomic E-state index is 13.2. The van der Waals surface area contributed by atoms with E-state index < -0.39 is 0 Å². The molecular formula is C23H26FN3O3S. The second-order valence-corrected chi connectivity index (χ2v) is 8.20. The number of carbonyl (C=O) groups is 1. The van der Waals surface area contributed by atoms with Gasteiger partial charge < -0.3 is 9.47 Å². The fraction of sp³-hybridized carbons (Fsp3) is 0.348. The molecule has 2 aromatic rings. The molecule has 0 bridgehead atoms. The highest BCUT2D eigenvalue weighted by Gasteiger charge is 2.37. The van der Waals surface area contributed by atoms with Crippen molar-refractivity contribution >= 4 is 29.1 Å². The van der Waals surface area contributed by atoms with E-state index in [1.54, 1.807) is 43.5 Å². The number of rotatable bonds is 9. The molecular weight excluding hydrogens is 417 g/mol. The molecule has 8 heteroatoms. The lowest BCUT2D eigenvalue weighted by Gasteiger charge is -2.16. The topological polar surface area (TPSA) is 63.5 Å². The summed E-state index contributed by atoms with van der Waals surface area (Å²) in [5, 5.41) is 8.91. The maximum Gasteiger partial charge on any atom is 0.242 e. The first-order chi connectivity index (χ1) is 15.0. The van der Waals surface area contributed by atoms with Crippen molar-refractivity contribution in [1.29, 1.82) is 0 Å². The van der Waals surface area contributed by atoms with E-state index in [1.165, 1.54) is 23.9 Å². The van der Waals surface area contributed by atoms with E-state index in [-0.39, 0.29) is 17.0 Å². The summed E-state index contributed by atoms with van der Waals surface area (Å²) >= 11 is 1.43. The molecule has 0 aliphatic carbocycles. The average Bonchev–Trinajstić information content (AvgIpc) is 3.08. The first-order valence-corrected chi connectivity index (χ1v) is 11.0. The summed E-state index contributed by atoms with van der Waals surface area (Å²) in [4.78, 5) is 14.6. The highest BCUT2D eigenvalue weighted by molar-refractivity contribution is 8.15. The molecule has 1 heterocycles. The largest absolute Gasteiger partial charge is 0.497 e. The normalized spacial score (nSPS) is 17.7. The smallest absolute Gasteiger partial charge is 0.242 e. The van der Waals surface area contributed by atoms with Crippen LogP contribution in [0.4, 0.5) is 4.39 Å². The third-order valence-corrected chi connectivity index (χ3v) is 6.11. The van der Waals surface area contributed by atoms with Crippen LogP contribution in [0.15, 0.2) is 52.7 Å². The number of halogens is 1. The zero-order chi connectivity index (χ0) is 22.2. The molecule has 1 aliphatic rings. The summed E-state index contributed by atoms with van der Waals surface area (Å²) in [6.07, 6.45) is 4.36. The highest BCUT2D eigenvalue weighted by Crippen LogP contribution is 2.32. The van der Waals surface area contributed by atoms with Gasteiger partial charge in [0.2, 0.25) is 5.91 Å². The number of hydrogen-bond donors (Lipinski definition) is 0. The van der Waals surface area contributed by atoms with Crippen molar-refractivity contribution in [2.75, 3.05) is 14.2 Å². The summed E-state index contributed by atoms with van der Waals surface area (Å²) in [5.41, 5.74) is 1.58. The van der Waals surface area contributed by atoms with E-state index in [4.69, 9.17) is 9.47 Å². The van der Waals surface area contributed by atoms with E-state index in [0.717, 1.165) is 30.4 Å². The second-order valence-electron chi connectivity index (χ2n) is 7.03. The van der Waals surface area contributed by atoms with Crippen molar-refractivity contribution in [3.8, 4) is 11.5 Å². The van der Waals surface area contributed by atoms with Crippen LogP contribution in [0.2, 0.25) is 0 Å². The molecule has 31 heavy (non-hydrogen) atoms. The Labute approximate surface area is 186 Å². The summed E-state index contributed by atoms with van der Waals surface area (Å²) < 4.78 is 23.8. The third-order valence-electron chi connectivity index (χ3n) is 4.87. The van der Waals surface area contributed by atoms with Crippen molar-refractivity contribution in [2.24, 2.45) is 10.2 Å². The van der Waals surface area contributed by atoms with Crippen LogP contribution in [0, 0.1) is 5.82 Å². The lowest BCUT2D eigenvalue weighted by Crippen LogP contribution is -2.31. The summed E-state index contributed by atoms with van der Waals surface area (Å²) in [7, 11) is 3.17. The molecule has 1 amide bonds. The molecule has 1 aliphatic heterocycles. The van der Waals surface area contributed by atoms with Crippen molar-refractivity contribution in [3.05, 3.63) is 59.4 Å². The third kappa shape index (κ3) is 5.85. The van der Waals surface area contributed by atoms with E-state index in [2.05, 4.69) is 17.1 Å². The number of nitrogens with zero attached hydrogens (tertiary/aromatic N) is 3. The number of unbranched alkanes of at least 4 members (excludes halogenated alkanes) is 1. The van der Waals surface area contributed by atoms with Crippen LogP contribution < -0.4 is 9.47 Å². The Morgan fingerprint density at radius 3 is 2.61 bits per heavy atom. The molecule has 6 nitrogen and oxygen atoms in total. The van der Waals surface area contributed by atoms with E-state index in [0.29, 0.717) is 23.2 Å². The first-order valence-electron chi connectivity index (χ1n) is 10.1. The molecule has 0 unspecified atom stereocenters. The van der Waals surface area contributed by atoms with Crippen LogP contribution in [-0.2, 0) is 11.3 Å². The molecule has 164 valence electrons. The Morgan fingerprint density at radius 2 is 1.94 bits per heavy atom. The zero-order valence-electron chi connectivity index (χ0n) is 17.9. The van der Waals surface area contributed by atoms with Gasteiger partial charge in [0.1, 0.15) is 17.3 Å². The summed E-state index contributed by atoms with van der Waals surface area (Å²) in [6, 6.07) is 11.5. The van der Waals surface area contributed by atoms with Crippen LogP contribution in [0.25, 0.3) is 0 Å². The molecule has 0 N–H and O–H groups in total. The summed E-state index contributed by atoms with van der Waals surface area (Å²) in [5.74, 6) is 1.00. The van der Waals surface area contributed by atoms with Crippen molar-refractivity contribution in [1.82, 2.24) is 4.90 Å². The van der Waals surface area contributed by atoms with Gasteiger partial charge in [-0.15, -0.1) is 5.10 Å². The van der Waals surface area contributed by atoms with E-state index in [9.17, 15) is 9.18 Å². The molecule has 0 radical (unpaired) electrons. The van der Waals surface area contributed by atoms with Gasteiger partial charge in [0.15, 0.2) is 5.17 Å². The SMILES string of the molecule is CCCC[C@@H]1S/C(=N/N=C\c2ccc(OC)cc2OC)N(Cc2ccc(F)cc2)C1=O. The number of amides is 1. The Morgan fingerprint density at radius 1 is 1.16 bits per heavy atom. The zero-order valence-corrected chi connectivity index (χ0v) is 18.7. The van der Waals surface area contributed by atoms with Gasteiger partial charge in [-0.3, -0.25) is 9.69 Å². The van der Waals surface area contributed by atoms with Gasteiger partial charge >= 0.3 is 0 Å². The molecule has 2 aromatic carbocycles. The average molecular weight is 444 g/mol. The van der Waals surface area contributed by atoms with Gasteiger partial charge in [-0.1, -0.05) is 43.7 Å². The predicted molar refractivity (Wildman–Crippen MR) is 122 cm³/mol. The number of thioether (sulfide) groups is 1. The Bertz CT molecular complexity index is 963. The lowest BCUT2D eigenvalue weighted by molar-refractivity contribution is -0.126. The monoisotopic (exact) mass is 443 g/mol. The molecule has 3 rings (SSSR count). The minimum Gasteiger partial charge on any atom is -0.497 e. The van der Waals surface area contributed by atoms with Gasteiger partial charge in [0.05, 0.1) is 32.2 Å². The first kappa shape index (κ1) is 22.8. The van der Waals surface area contributed by atoms with Crippen LogP contribution in [0.3, 0.4) is 0 Å².